The Bertz CT molecular complexity index is 502. The lowest BCUT2D eigenvalue weighted by Crippen LogP contribution is -2.32. The third-order valence-corrected chi connectivity index (χ3v) is 4.62. The summed E-state index contributed by atoms with van der Waals surface area (Å²) in [7, 11) is 3.96. The highest BCUT2D eigenvalue weighted by Gasteiger charge is 2.25. The summed E-state index contributed by atoms with van der Waals surface area (Å²) in [6, 6.07) is 0.269. The zero-order valence-corrected chi connectivity index (χ0v) is 14.0. The maximum atomic E-state index is 12.5. The molecule has 21 heavy (non-hydrogen) atoms. The number of anilines is 2. The Morgan fingerprint density at radius 2 is 2.33 bits per heavy atom. The zero-order valence-electron chi connectivity index (χ0n) is 13.2. The van der Waals surface area contributed by atoms with Gasteiger partial charge in [0.05, 0.1) is 0 Å². The lowest BCUT2D eigenvalue weighted by Gasteiger charge is -2.20. The van der Waals surface area contributed by atoms with E-state index in [9.17, 15) is 4.79 Å². The molecule has 1 aliphatic heterocycles. The summed E-state index contributed by atoms with van der Waals surface area (Å²) in [5.41, 5.74) is 5.89. The van der Waals surface area contributed by atoms with Gasteiger partial charge in [0.1, 0.15) is 10.7 Å². The first kappa shape index (κ1) is 16.0. The normalized spacial score (nSPS) is 19.2. The molecule has 2 heterocycles. The molecule has 1 unspecified atom stereocenters. The summed E-state index contributed by atoms with van der Waals surface area (Å²) in [4.78, 5) is 21.3. The largest absolute Gasteiger partial charge is 0.382 e. The molecule has 1 aromatic heterocycles. The third-order valence-electron chi connectivity index (χ3n) is 3.63. The van der Waals surface area contributed by atoms with Crippen molar-refractivity contribution in [1.29, 1.82) is 0 Å². The molecule has 0 saturated carbocycles. The van der Waals surface area contributed by atoms with Crippen LogP contribution in [0.1, 0.15) is 29.9 Å². The van der Waals surface area contributed by atoms with Gasteiger partial charge in [0, 0.05) is 26.2 Å². The maximum Gasteiger partial charge on any atom is 0.267 e. The van der Waals surface area contributed by atoms with Crippen molar-refractivity contribution in [2.75, 3.05) is 44.8 Å². The Morgan fingerprint density at radius 1 is 1.62 bits per heavy atom. The number of likely N-dealkylation sites (tertiary alicyclic amines) is 1. The smallest absolute Gasteiger partial charge is 0.267 e. The molecule has 1 atom stereocenters. The van der Waals surface area contributed by atoms with Gasteiger partial charge >= 0.3 is 0 Å². The predicted octanol–water partition coefficient (Wildman–Crippen LogP) is 1.57. The van der Waals surface area contributed by atoms with Crippen molar-refractivity contribution in [1.82, 2.24) is 14.8 Å². The number of carbonyl (C=O) groups is 1. The minimum atomic E-state index is -0.0311. The Labute approximate surface area is 130 Å². The average Bonchev–Trinajstić information content (AvgIpc) is 2.94. The van der Waals surface area contributed by atoms with Gasteiger partial charge in [-0.3, -0.25) is 4.79 Å². The first-order valence-electron chi connectivity index (χ1n) is 7.33. The van der Waals surface area contributed by atoms with Gasteiger partial charge in [0.15, 0.2) is 5.13 Å². The van der Waals surface area contributed by atoms with Gasteiger partial charge in [0.25, 0.3) is 5.91 Å². The number of hydrogen-bond acceptors (Lipinski definition) is 6. The number of aromatic nitrogens is 1. The van der Waals surface area contributed by atoms with Crippen molar-refractivity contribution >= 4 is 28.2 Å². The summed E-state index contributed by atoms with van der Waals surface area (Å²) < 4.78 is 0. The quantitative estimate of drug-likeness (QED) is 0.863. The van der Waals surface area contributed by atoms with E-state index in [0.717, 1.165) is 26.1 Å². The zero-order chi connectivity index (χ0) is 15.6. The topological polar surface area (TPSA) is 74.5 Å². The fraction of sp³-hybridized carbons (Fsp3) is 0.714. The lowest BCUT2D eigenvalue weighted by molar-refractivity contribution is 0.0779. The molecule has 2 rings (SSSR count). The van der Waals surface area contributed by atoms with E-state index in [0.29, 0.717) is 21.7 Å². The number of nitrogens with two attached hydrogens (primary N) is 1. The van der Waals surface area contributed by atoms with E-state index in [4.69, 9.17) is 5.73 Å². The highest BCUT2D eigenvalue weighted by Crippen LogP contribution is 2.27. The predicted molar refractivity (Wildman–Crippen MR) is 87.8 cm³/mol. The molecular formula is C14H25N5OS. The summed E-state index contributed by atoms with van der Waals surface area (Å²) in [5.74, 6) is 0.839. The molecule has 0 spiro atoms. The van der Waals surface area contributed by atoms with Gasteiger partial charge in [-0.1, -0.05) is 11.3 Å². The molecule has 3 N–H and O–H groups in total. The van der Waals surface area contributed by atoms with Crippen molar-refractivity contribution in [3.63, 3.8) is 0 Å². The van der Waals surface area contributed by atoms with Crippen LogP contribution in [0.15, 0.2) is 0 Å². The fourth-order valence-corrected chi connectivity index (χ4v) is 3.64. The number of hydrogen-bond donors (Lipinski definition) is 2. The van der Waals surface area contributed by atoms with E-state index in [1.54, 1.807) is 4.90 Å². The van der Waals surface area contributed by atoms with Gasteiger partial charge in [0.2, 0.25) is 0 Å². The van der Waals surface area contributed by atoms with E-state index < -0.39 is 0 Å². The standard InChI is InChI=1S/C14H25N5OS/c1-9(2)16-14-17-12(15)11(21-14)13(20)19(4)8-10-5-6-18(3)7-10/h9-10H,5-8,15H2,1-4H3,(H,16,17). The molecule has 0 aliphatic carbocycles. The Hall–Kier alpha value is -1.34. The van der Waals surface area contributed by atoms with E-state index >= 15 is 0 Å². The van der Waals surface area contributed by atoms with Crippen molar-refractivity contribution in [2.45, 2.75) is 26.3 Å². The van der Waals surface area contributed by atoms with Crippen LogP contribution in [0.3, 0.4) is 0 Å². The average molecular weight is 311 g/mol. The number of nitrogens with one attached hydrogen (secondary N) is 1. The molecule has 1 aliphatic rings. The number of thiazole rings is 1. The highest BCUT2D eigenvalue weighted by molar-refractivity contribution is 7.18. The molecule has 0 bridgehead atoms. The number of carbonyl (C=O) groups excluding carboxylic acids is 1. The minimum Gasteiger partial charge on any atom is -0.382 e. The van der Waals surface area contributed by atoms with Crippen LogP contribution in [-0.4, -0.2) is 60.5 Å². The Kier molecular flexibility index (Phi) is 5.05. The molecule has 1 fully saturated rings. The van der Waals surface area contributed by atoms with Crippen molar-refractivity contribution in [3.8, 4) is 0 Å². The Balaban J connectivity index is 2.00. The fourth-order valence-electron chi connectivity index (χ4n) is 2.61. The SMILES string of the molecule is CC(C)Nc1nc(N)c(C(=O)N(C)CC2CCN(C)C2)s1. The van der Waals surface area contributed by atoms with E-state index in [2.05, 4.69) is 22.2 Å². The first-order chi connectivity index (χ1) is 9.86. The van der Waals surface area contributed by atoms with Gasteiger partial charge < -0.3 is 20.9 Å². The molecule has 0 radical (unpaired) electrons. The van der Waals surface area contributed by atoms with Gasteiger partial charge in [-0.2, -0.15) is 0 Å². The van der Waals surface area contributed by atoms with Crippen LogP contribution in [-0.2, 0) is 0 Å². The van der Waals surface area contributed by atoms with Crippen LogP contribution < -0.4 is 11.1 Å². The van der Waals surface area contributed by atoms with Crippen LogP contribution in [0.2, 0.25) is 0 Å². The second-order valence-corrected chi connectivity index (χ2v) is 7.13. The summed E-state index contributed by atoms with van der Waals surface area (Å²) in [5, 5.41) is 3.90. The molecule has 1 amide bonds. The van der Waals surface area contributed by atoms with Gasteiger partial charge in [-0.25, -0.2) is 4.98 Å². The molecular weight excluding hydrogens is 286 g/mol. The van der Waals surface area contributed by atoms with Gasteiger partial charge in [-0.05, 0) is 39.8 Å². The number of nitrogens with zero attached hydrogens (tertiary/aromatic N) is 3. The van der Waals surface area contributed by atoms with E-state index in [1.807, 2.05) is 20.9 Å². The summed E-state index contributed by atoms with van der Waals surface area (Å²) in [6.45, 7) is 6.99. The van der Waals surface area contributed by atoms with Crippen LogP contribution in [0.5, 0.6) is 0 Å². The molecule has 7 heteroatoms. The number of nitrogen functional groups attached to an aromatic ring is 1. The molecule has 1 saturated heterocycles. The summed E-state index contributed by atoms with van der Waals surface area (Å²) >= 11 is 1.33. The van der Waals surface area contributed by atoms with Crippen molar-refractivity contribution in [2.24, 2.45) is 5.92 Å². The number of amides is 1. The van der Waals surface area contributed by atoms with Crippen LogP contribution in [0, 0.1) is 5.92 Å². The van der Waals surface area contributed by atoms with Crippen LogP contribution >= 0.6 is 11.3 Å². The Morgan fingerprint density at radius 3 is 2.90 bits per heavy atom. The van der Waals surface area contributed by atoms with Crippen LogP contribution in [0.25, 0.3) is 0 Å². The van der Waals surface area contributed by atoms with Crippen molar-refractivity contribution in [3.05, 3.63) is 4.88 Å². The molecule has 0 aromatic carbocycles. The molecule has 1 aromatic rings. The van der Waals surface area contributed by atoms with E-state index in [-0.39, 0.29) is 11.9 Å². The highest BCUT2D eigenvalue weighted by atomic mass is 32.1. The second kappa shape index (κ2) is 6.62. The van der Waals surface area contributed by atoms with E-state index in [1.165, 1.54) is 11.3 Å². The number of rotatable bonds is 5. The van der Waals surface area contributed by atoms with Crippen molar-refractivity contribution < 1.29 is 4.79 Å². The molecule has 118 valence electrons. The third kappa shape index (κ3) is 4.07. The van der Waals surface area contributed by atoms with Crippen LogP contribution in [0.4, 0.5) is 10.9 Å². The maximum absolute atomic E-state index is 12.5. The first-order valence-corrected chi connectivity index (χ1v) is 8.15. The second-order valence-electron chi connectivity index (χ2n) is 6.14. The molecule has 6 nitrogen and oxygen atoms in total. The minimum absolute atomic E-state index is 0.0311. The van der Waals surface area contributed by atoms with Gasteiger partial charge in [-0.15, -0.1) is 0 Å². The lowest BCUT2D eigenvalue weighted by atomic mass is 10.1. The summed E-state index contributed by atoms with van der Waals surface area (Å²) in [6.07, 6.45) is 1.15. The monoisotopic (exact) mass is 311 g/mol.